The standard InChI is InChI=1S/C15H13F4N5O2S/c1-8-12(7-23(2)20-8)27(25,26)22-13-3-4-24(21-13)6-9-14(18)10(16)5-11(17)15(9)19/h3-5,7H,6H2,1-2H3,(H,21,22). The number of nitrogens with one attached hydrogen (secondary N) is 1. The minimum absolute atomic E-state index is 0.0659. The van der Waals surface area contributed by atoms with E-state index >= 15 is 0 Å². The van der Waals surface area contributed by atoms with Crippen LogP contribution < -0.4 is 4.72 Å². The van der Waals surface area contributed by atoms with E-state index in [2.05, 4.69) is 14.9 Å². The highest BCUT2D eigenvalue weighted by molar-refractivity contribution is 7.92. The molecule has 0 atom stereocenters. The Morgan fingerprint density at radius 1 is 1.11 bits per heavy atom. The Morgan fingerprint density at radius 2 is 1.74 bits per heavy atom. The SMILES string of the molecule is Cc1nn(C)cc1S(=O)(=O)Nc1ccn(Cc2c(F)c(F)cc(F)c2F)n1. The fourth-order valence-corrected chi connectivity index (χ4v) is 3.68. The summed E-state index contributed by atoms with van der Waals surface area (Å²) in [6.07, 6.45) is 2.50. The van der Waals surface area contributed by atoms with Gasteiger partial charge < -0.3 is 0 Å². The zero-order chi connectivity index (χ0) is 19.9. The van der Waals surface area contributed by atoms with Gasteiger partial charge in [-0.15, -0.1) is 0 Å². The Morgan fingerprint density at radius 3 is 2.30 bits per heavy atom. The van der Waals surface area contributed by atoms with E-state index in [1.54, 1.807) is 7.05 Å². The van der Waals surface area contributed by atoms with Crippen LogP contribution in [-0.2, 0) is 23.6 Å². The van der Waals surface area contributed by atoms with Crippen molar-refractivity contribution >= 4 is 15.8 Å². The highest BCUT2D eigenvalue weighted by Gasteiger charge is 2.22. The van der Waals surface area contributed by atoms with Crippen molar-refractivity contribution in [1.29, 1.82) is 0 Å². The number of benzene rings is 1. The van der Waals surface area contributed by atoms with E-state index < -0.39 is 45.4 Å². The molecule has 0 aliphatic rings. The molecule has 0 fully saturated rings. The Labute approximate surface area is 151 Å². The lowest BCUT2D eigenvalue weighted by atomic mass is 10.2. The van der Waals surface area contributed by atoms with Gasteiger partial charge in [0, 0.05) is 31.6 Å². The molecule has 0 aliphatic carbocycles. The lowest BCUT2D eigenvalue weighted by Crippen LogP contribution is -2.14. The van der Waals surface area contributed by atoms with E-state index in [0.29, 0.717) is 0 Å². The summed E-state index contributed by atoms with van der Waals surface area (Å²) in [5.74, 6) is -6.31. The van der Waals surface area contributed by atoms with Crippen LogP contribution in [-0.4, -0.2) is 28.0 Å². The van der Waals surface area contributed by atoms with Crippen molar-refractivity contribution in [2.45, 2.75) is 18.4 Å². The molecule has 0 saturated carbocycles. The van der Waals surface area contributed by atoms with E-state index in [0.717, 1.165) is 4.68 Å². The van der Waals surface area contributed by atoms with Crippen molar-refractivity contribution in [2.75, 3.05) is 4.72 Å². The molecule has 0 spiro atoms. The van der Waals surface area contributed by atoms with Gasteiger partial charge in [0.15, 0.2) is 29.1 Å². The van der Waals surface area contributed by atoms with Crippen LogP contribution in [0.4, 0.5) is 23.4 Å². The lowest BCUT2D eigenvalue weighted by molar-refractivity contribution is 0.431. The van der Waals surface area contributed by atoms with E-state index in [-0.39, 0.29) is 22.5 Å². The number of sulfonamides is 1. The topological polar surface area (TPSA) is 81.8 Å². The number of hydrogen-bond donors (Lipinski definition) is 1. The fourth-order valence-electron chi connectivity index (χ4n) is 2.46. The highest BCUT2D eigenvalue weighted by Crippen LogP contribution is 2.21. The Balaban J connectivity index is 1.85. The molecule has 7 nitrogen and oxygen atoms in total. The summed E-state index contributed by atoms with van der Waals surface area (Å²) in [5.41, 5.74) is -0.600. The van der Waals surface area contributed by atoms with Crippen LogP contribution in [0.2, 0.25) is 0 Å². The molecule has 0 bridgehead atoms. The maximum absolute atomic E-state index is 13.7. The first-order valence-corrected chi connectivity index (χ1v) is 8.95. The van der Waals surface area contributed by atoms with Gasteiger partial charge in [0.2, 0.25) is 0 Å². The maximum Gasteiger partial charge on any atom is 0.266 e. The largest absolute Gasteiger partial charge is 0.274 e. The molecule has 0 unspecified atom stereocenters. The van der Waals surface area contributed by atoms with Crippen LogP contribution in [0.5, 0.6) is 0 Å². The third-order valence-corrected chi connectivity index (χ3v) is 5.12. The van der Waals surface area contributed by atoms with E-state index in [9.17, 15) is 26.0 Å². The summed E-state index contributed by atoms with van der Waals surface area (Å²) in [6.45, 7) is 0.872. The normalized spacial score (nSPS) is 11.8. The van der Waals surface area contributed by atoms with Gasteiger partial charge in [0.05, 0.1) is 17.8 Å². The third-order valence-electron chi connectivity index (χ3n) is 3.66. The van der Waals surface area contributed by atoms with Crippen LogP contribution in [0, 0.1) is 30.2 Å². The second-order valence-electron chi connectivity index (χ2n) is 5.70. The van der Waals surface area contributed by atoms with Crippen molar-refractivity contribution in [1.82, 2.24) is 19.6 Å². The van der Waals surface area contributed by atoms with Gasteiger partial charge in [-0.05, 0) is 6.92 Å². The van der Waals surface area contributed by atoms with Gasteiger partial charge in [-0.1, -0.05) is 0 Å². The Bertz CT molecular complexity index is 1100. The molecule has 1 aromatic carbocycles. The molecule has 2 aromatic heterocycles. The second kappa shape index (κ2) is 6.68. The molecule has 0 amide bonds. The quantitative estimate of drug-likeness (QED) is 0.524. The van der Waals surface area contributed by atoms with Crippen LogP contribution in [0.3, 0.4) is 0 Å². The number of halogens is 4. The van der Waals surface area contributed by atoms with Crippen molar-refractivity contribution in [3.8, 4) is 0 Å². The van der Waals surface area contributed by atoms with Crippen LogP contribution in [0.15, 0.2) is 29.4 Å². The molecule has 12 heteroatoms. The molecule has 0 radical (unpaired) electrons. The molecule has 1 N–H and O–H groups in total. The van der Waals surface area contributed by atoms with Gasteiger partial charge in [-0.2, -0.15) is 10.2 Å². The van der Waals surface area contributed by atoms with Crippen LogP contribution in [0.1, 0.15) is 11.3 Å². The second-order valence-corrected chi connectivity index (χ2v) is 7.35. The molecule has 27 heavy (non-hydrogen) atoms. The van der Waals surface area contributed by atoms with Crippen molar-refractivity contribution in [2.24, 2.45) is 7.05 Å². The van der Waals surface area contributed by atoms with Crippen LogP contribution in [0.25, 0.3) is 0 Å². The van der Waals surface area contributed by atoms with Gasteiger partial charge in [0.1, 0.15) is 4.90 Å². The summed E-state index contributed by atoms with van der Waals surface area (Å²) < 4.78 is 83.2. The number of nitrogens with zero attached hydrogens (tertiary/aromatic N) is 4. The number of aryl methyl sites for hydroxylation is 2. The Hall–Kier alpha value is -2.89. The number of rotatable bonds is 5. The first-order valence-electron chi connectivity index (χ1n) is 7.47. The zero-order valence-corrected chi connectivity index (χ0v) is 14.9. The average molecular weight is 403 g/mol. The van der Waals surface area contributed by atoms with Gasteiger partial charge in [-0.25, -0.2) is 26.0 Å². The van der Waals surface area contributed by atoms with Gasteiger partial charge in [-0.3, -0.25) is 14.1 Å². The lowest BCUT2D eigenvalue weighted by Gasteiger charge is -2.07. The number of hydrogen-bond acceptors (Lipinski definition) is 4. The summed E-state index contributed by atoms with van der Waals surface area (Å²) in [4.78, 5) is -0.0659. The van der Waals surface area contributed by atoms with Crippen LogP contribution >= 0.6 is 0 Å². The van der Waals surface area contributed by atoms with E-state index in [4.69, 9.17) is 0 Å². The Kier molecular flexibility index (Phi) is 4.68. The summed E-state index contributed by atoms with van der Waals surface area (Å²) in [7, 11) is -2.43. The predicted molar refractivity (Wildman–Crippen MR) is 86.4 cm³/mol. The molecule has 144 valence electrons. The van der Waals surface area contributed by atoms with Crippen molar-refractivity contribution in [3.05, 3.63) is 59.1 Å². The molecule has 3 rings (SSSR count). The minimum Gasteiger partial charge on any atom is -0.274 e. The fraction of sp³-hybridized carbons (Fsp3) is 0.200. The summed E-state index contributed by atoms with van der Waals surface area (Å²) >= 11 is 0. The monoisotopic (exact) mass is 403 g/mol. The van der Waals surface area contributed by atoms with E-state index in [1.165, 1.54) is 30.1 Å². The smallest absolute Gasteiger partial charge is 0.266 e. The molecular weight excluding hydrogens is 390 g/mol. The average Bonchev–Trinajstić information content (AvgIpc) is 3.15. The molecule has 3 aromatic rings. The summed E-state index contributed by atoms with van der Waals surface area (Å²) in [5, 5.41) is 7.75. The number of aromatic nitrogens is 4. The van der Waals surface area contributed by atoms with Crippen molar-refractivity contribution < 1.29 is 26.0 Å². The van der Waals surface area contributed by atoms with E-state index in [1.807, 2.05) is 0 Å². The molecule has 0 saturated heterocycles. The molecular formula is C15H13F4N5O2S. The molecule has 2 heterocycles. The third kappa shape index (κ3) is 3.65. The zero-order valence-electron chi connectivity index (χ0n) is 14.0. The maximum atomic E-state index is 13.7. The first kappa shape index (κ1) is 18.9. The van der Waals surface area contributed by atoms with Crippen molar-refractivity contribution in [3.63, 3.8) is 0 Å². The van der Waals surface area contributed by atoms with Gasteiger partial charge >= 0.3 is 0 Å². The first-order chi connectivity index (χ1) is 12.6. The molecule has 0 aliphatic heterocycles. The minimum atomic E-state index is -3.99. The predicted octanol–water partition coefficient (Wildman–Crippen LogP) is 2.33. The number of anilines is 1. The summed E-state index contributed by atoms with van der Waals surface area (Å²) in [6, 6.07) is 1.34. The van der Waals surface area contributed by atoms with Gasteiger partial charge in [0.25, 0.3) is 10.0 Å². The highest BCUT2D eigenvalue weighted by atomic mass is 32.2.